The van der Waals surface area contributed by atoms with Gasteiger partial charge in [0.05, 0.1) is 0 Å². The van der Waals surface area contributed by atoms with Crippen LogP contribution in [0, 0.1) is 10.8 Å². The molecule has 0 heterocycles. The molecule has 3 fully saturated rings. The van der Waals surface area contributed by atoms with E-state index in [1.54, 1.807) is 0 Å². The van der Waals surface area contributed by atoms with Crippen LogP contribution in [-0.4, -0.2) is 12.1 Å². The van der Waals surface area contributed by atoms with Crippen LogP contribution in [0.4, 0.5) is 0 Å². The standard InChI is InChI=1S/C9H12O2/c1-6(10)11-7-2-8-4-9(8,3-7)5-8/h7H,2-5H2,1H3. The van der Waals surface area contributed by atoms with Gasteiger partial charge >= 0.3 is 5.97 Å². The molecule has 0 N–H and O–H groups in total. The van der Waals surface area contributed by atoms with Crippen LogP contribution in [0.5, 0.6) is 0 Å². The molecule has 3 aliphatic rings. The minimum absolute atomic E-state index is 0.108. The van der Waals surface area contributed by atoms with E-state index in [-0.39, 0.29) is 12.1 Å². The molecule has 3 saturated carbocycles. The predicted octanol–water partition coefficient (Wildman–Crippen LogP) is 1.49. The van der Waals surface area contributed by atoms with Gasteiger partial charge in [-0.2, -0.15) is 0 Å². The van der Waals surface area contributed by atoms with Crippen LogP contribution in [0.2, 0.25) is 0 Å². The van der Waals surface area contributed by atoms with Crippen molar-refractivity contribution in [3.8, 4) is 0 Å². The van der Waals surface area contributed by atoms with Crippen LogP contribution in [0.15, 0.2) is 0 Å². The lowest BCUT2D eigenvalue weighted by Crippen LogP contribution is -2.18. The van der Waals surface area contributed by atoms with E-state index in [9.17, 15) is 4.79 Å². The van der Waals surface area contributed by atoms with Crippen molar-refractivity contribution in [3.63, 3.8) is 0 Å². The van der Waals surface area contributed by atoms with Gasteiger partial charge in [-0.3, -0.25) is 4.79 Å². The van der Waals surface area contributed by atoms with E-state index < -0.39 is 0 Å². The summed E-state index contributed by atoms with van der Waals surface area (Å²) in [7, 11) is 0. The highest BCUT2D eigenvalue weighted by Crippen LogP contribution is 2.93. The molecule has 11 heavy (non-hydrogen) atoms. The Hall–Kier alpha value is -0.530. The van der Waals surface area contributed by atoms with Crippen LogP contribution in [0.1, 0.15) is 32.6 Å². The molecule has 2 heteroatoms. The molecule has 0 aromatic carbocycles. The van der Waals surface area contributed by atoms with Gasteiger partial charge in [0.1, 0.15) is 6.10 Å². The van der Waals surface area contributed by atoms with Crippen LogP contribution < -0.4 is 0 Å². The monoisotopic (exact) mass is 152 g/mol. The zero-order chi connectivity index (χ0) is 7.69. The summed E-state index contributed by atoms with van der Waals surface area (Å²) in [6.45, 7) is 1.50. The molecular formula is C9H12O2. The largest absolute Gasteiger partial charge is 0.463 e. The maximum Gasteiger partial charge on any atom is 0.302 e. The molecule has 2 nitrogen and oxygen atoms in total. The lowest BCUT2D eigenvalue weighted by atomic mass is 9.98. The minimum atomic E-state index is -0.108. The second-order valence-corrected chi connectivity index (χ2v) is 4.55. The van der Waals surface area contributed by atoms with Crippen LogP contribution in [0.3, 0.4) is 0 Å². The topological polar surface area (TPSA) is 26.3 Å². The summed E-state index contributed by atoms with van der Waals surface area (Å²) in [4.78, 5) is 10.6. The Morgan fingerprint density at radius 1 is 1.36 bits per heavy atom. The summed E-state index contributed by atoms with van der Waals surface area (Å²) in [5, 5.41) is 0. The lowest BCUT2D eigenvalue weighted by Gasteiger charge is -2.18. The second-order valence-electron chi connectivity index (χ2n) is 4.55. The average molecular weight is 152 g/mol. The average Bonchev–Trinajstić information content (AvgIpc) is 2.47. The smallest absolute Gasteiger partial charge is 0.302 e. The first-order valence-electron chi connectivity index (χ1n) is 4.33. The van der Waals surface area contributed by atoms with E-state index >= 15 is 0 Å². The Kier molecular flexibility index (Phi) is 0.739. The van der Waals surface area contributed by atoms with Crippen molar-refractivity contribution in [2.45, 2.75) is 38.7 Å². The van der Waals surface area contributed by atoms with Gasteiger partial charge in [-0.15, -0.1) is 0 Å². The Morgan fingerprint density at radius 3 is 2.36 bits per heavy atom. The van der Waals surface area contributed by atoms with Crippen LogP contribution in [0.25, 0.3) is 0 Å². The number of rotatable bonds is 1. The molecule has 0 bridgehead atoms. The van der Waals surface area contributed by atoms with Crippen LogP contribution >= 0.6 is 0 Å². The van der Waals surface area contributed by atoms with Gasteiger partial charge in [0, 0.05) is 6.92 Å². The minimum Gasteiger partial charge on any atom is -0.463 e. The van der Waals surface area contributed by atoms with Gasteiger partial charge in [0.2, 0.25) is 0 Å². The summed E-state index contributed by atoms with van der Waals surface area (Å²) in [5.74, 6) is -0.108. The molecule has 0 aromatic rings. The van der Waals surface area contributed by atoms with E-state index in [1.165, 1.54) is 19.8 Å². The number of ether oxygens (including phenoxy) is 1. The molecule has 0 aliphatic heterocycles. The van der Waals surface area contributed by atoms with E-state index in [4.69, 9.17) is 4.74 Å². The molecule has 0 atom stereocenters. The van der Waals surface area contributed by atoms with Crippen molar-refractivity contribution in [1.29, 1.82) is 0 Å². The third kappa shape index (κ3) is 0.569. The molecule has 60 valence electrons. The highest BCUT2D eigenvalue weighted by molar-refractivity contribution is 5.66. The van der Waals surface area contributed by atoms with Gasteiger partial charge < -0.3 is 4.74 Å². The first-order valence-corrected chi connectivity index (χ1v) is 4.33. The fraction of sp³-hybridized carbons (Fsp3) is 0.889. The second kappa shape index (κ2) is 1.35. The molecule has 0 spiro atoms. The van der Waals surface area contributed by atoms with Crippen molar-refractivity contribution in [1.82, 2.24) is 0 Å². The maximum absolute atomic E-state index is 10.6. The van der Waals surface area contributed by atoms with Crippen molar-refractivity contribution in [2.75, 3.05) is 0 Å². The van der Waals surface area contributed by atoms with E-state index in [0.29, 0.717) is 10.8 Å². The molecule has 0 unspecified atom stereocenters. The Morgan fingerprint density at radius 2 is 1.91 bits per heavy atom. The van der Waals surface area contributed by atoms with Gasteiger partial charge in [-0.25, -0.2) is 0 Å². The molecule has 0 aromatic heterocycles. The zero-order valence-electron chi connectivity index (χ0n) is 6.72. The fourth-order valence-electron chi connectivity index (χ4n) is 3.14. The lowest BCUT2D eigenvalue weighted by molar-refractivity contribution is -0.147. The Labute approximate surface area is 65.9 Å². The first kappa shape index (κ1) is 6.04. The number of esters is 1. The van der Waals surface area contributed by atoms with Crippen molar-refractivity contribution in [2.24, 2.45) is 10.8 Å². The summed E-state index contributed by atoms with van der Waals surface area (Å²) in [6, 6.07) is 0. The van der Waals surface area contributed by atoms with Gasteiger partial charge in [0.25, 0.3) is 0 Å². The molecule has 0 radical (unpaired) electrons. The van der Waals surface area contributed by atoms with Gasteiger partial charge in [-0.1, -0.05) is 0 Å². The van der Waals surface area contributed by atoms with Gasteiger partial charge in [0.15, 0.2) is 0 Å². The Bertz CT molecular complexity index is 222. The van der Waals surface area contributed by atoms with Crippen LogP contribution in [-0.2, 0) is 9.53 Å². The molecule has 3 rings (SSSR count). The van der Waals surface area contributed by atoms with Crippen molar-refractivity contribution < 1.29 is 9.53 Å². The molecule has 3 aliphatic carbocycles. The Balaban J connectivity index is 1.66. The summed E-state index contributed by atoms with van der Waals surface area (Å²) in [6.07, 6.45) is 5.45. The summed E-state index contributed by atoms with van der Waals surface area (Å²) < 4.78 is 5.16. The number of carbonyl (C=O) groups is 1. The highest BCUT2D eigenvalue weighted by atomic mass is 16.5. The fourth-order valence-corrected chi connectivity index (χ4v) is 3.14. The third-order valence-corrected chi connectivity index (χ3v) is 3.80. The van der Waals surface area contributed by atoms with E-state index in [2.05, 4.69) is 0 Å². The molecular weight excluding hydrogens is 140 g/mol. The maximum atomic E-state index is 10.6. The third-order valence-electron chi connectivity index (χ3n) is 3.80. The first-order chi connectivity index (χ1) is 5.16. The van der Waals surface area contributed by atoms with E-state index in [1.807, 2.05) is 0 Å². The van der Waals surface area contributed by atoms with Crippen molar-refractivity contribution in [3.05, 3.63) is 0 Å². The SMILES string of the molecule is CC(=O)OC1CC23CC2(C1)C3. The molecule has 0 amide bonds. The predicted molar refractivity (Wildman–Crippen MR) is 38.9 cm³/mol. The zero-order valence-corrected chi connectivity index (χ0v) is 6.72. The van der Waals surface area contributed by atoms with Crippen molar-refractivity contribution >= 4 is 5.97 Å². The normalized spacial score (nSPS) is 56.3. The van der Waals surface area contributed by atoms with E-state index in [0.717, 1.165) is 12.8 Å². The number of carbonyl (C=O) groups excluding carboxylic acids is 1. The molecule has 0 saturated heterocycles. The number of hydrogen-bond donors (Lipinski definition) is 0. The summed E-state index contributed by atoms with van der Waals surface area (Å²) in [5.41, 5.74) is 1.38. The van der Waals surface area contributed by atoms with Gasteiger partial charge in [-0.05, 0) is 36.5 Å². The highest BCUT2D eigenvalue weighted by Gasteiger charge is 2.86. The quantitative estimate of drug-likeness (QED) is 0.532. The summed E-state index contributed by atoms with van der Waals surface area (Å²) >= 11 is 0. The number of hydrogen-bond acceptors (Lipinski definition) is 2.